The van der Waals surface area contributed by atoms with Gasteiger partial charge < -0.3 is 15.2 Å². The van der Waals surface area contributed by atoms with Crippen molar-refractivity contribution >= 4 is 35.1 Å². The molecule has 0 radical (unpaired) electrons. The number of hydrogen-bond acceptors (Lipinski definition) is 3. The minimum Gasteiger partial charge on any atom is -0.492 e. The second-order valence-electron chi connectivity index (χ2n) is 6.55. The third-order valence-corrected chi connectivity index (χ3v) is 4.89. The number of amides is 1. The number of carboxylic acids is 1. The fraction of sp³-hybridized carbons (Fsp3) is 0.130. The van der Waals surface area contributed by atoms with E-state index in [-0.39, 0.29) is 18.0 Å². The van der Waals surface area contributed by atoms with Crippen LogP contribution in [-0.2, 0) is 13.0 Å². The van der Waals surface area contributed by atoms with Crippen molar-refractivity contribution < 1.29 is 19.4 Å². The molecule has 3 aromatic carbocycles. The summed E-state index contributed by atoms with van der Waals surface area (Å²) in [5.74, 6) is -0.890. The highest BCUT2D eigenvalue weighted by molar-refractivity contribution is 6.31. The molecule has 7 heteroatoms. The van der Waals surface area contributed by atoms with Gasteiger partial charge in [-0.2, -0.15) is 0 Å². The molecule has 0 aliphatic rings. The van der Waals surface area contributed by atoms with Crippen LogP contribution in [0.25, 0.3) is 0 Å². The van der Waals surface area contributed by atoms with Crippen molar-refractivity contribution in [3.8, 4) is 5.75 Å². The van der Waals surface area contributed by atoms with Crippen molar-refractivity contribution in [1.82, 2.24) is 5.32 Å². The zero-order chi connectivity index (χ0) is 21.5. The van der Waals surface area contributed by atoms with E-state index in [4.69, 9.17) is 33.0 Å². The lowest BCUT2D eigenvalue weighted by Crippen LogP contribution is -2.23. The minimum atomic E-state index is -0.995. The highest BCUT2D eigenvalue weighted by atomic mass is 35.5. The molecule has 0 heterocycles. The topological polar surface area (TPSA) is 75.6 Å². The number of ether oxygens (including phenoxy) is 1. The van der Waals surface area contributed by atoms with Crippen LogP contribution in [0.4, 0.5) is 0 Å². The maximum atomic E-state index is 12.7. The molecule has 30 heavy (non-hydrogen) atoms. The summed E-state index contributed by atoms with van der Waals surface area (Å²) in [7, 11) is 0. The molecule has 1 amide bonds. The van der Waals surface area contributed by atoms with Crippen LogP contribution in [0.5, 0.6) is 5.75 Å². The minimum absolute atomic E-state index is 0.191. The maximum absolute atomic E-state index is 12.7. The van der Waals surface area contributed by atoms with Crippen molar-refractivity contribution in [2.24, 2.45) is 0 Å². The monoisotopic (exact) mass is 443 g/mol. The first-order valence-corrected chi connectivity index (χ1v) is 9.95. The van der Waals surface area contributed by atoms with E-state index in [0.29, 0.717) is 34.4 Å². The first kappa shape index (κ1) is 21.7. The van der Waals surface area contributed by atoms with Gasteiger partial charge in [0.05, 0.1) is 17.7 Å². The van der Waals surface area contributed by atoms with Crippen LogP contribution in [0.1, 0.15) is 31.8 Å². The van der Waals surface area contributed by atoms with E-state index in [9.17, 15) is 9.59 Å². The van der Waals surface area contributed by atoms with Crippen molar-refractivity contribution in [2.75, 3.05) is 6.61 Å². The molecule has 0 atom stereocenters. The van der Waals surface area contributed by atoms with Crippen LogP contribution in [0.15, 0.2) is 66.7 Å². The molecule has 3 rings (SSSR count). The Balaban J connectivity index is 1.62. The van der Waals surface area contributed by atoms with Gasteiger partial charge in [-0.1, -0.05) is 47.5 Å². The second-order valence-corrected chi connectivity index (χ2v) is 7.42. The van der Waals surface area contributed by atoms with Gasteiger partial charge in [-0.05, 0) is 53.6 Å². The summed E-state index contributed by atoms with van der Waals surface area (Å²) >= 11 is 12.0. The molecule has 0 fully saturated rings. The van der Waals surface area contributed by atoms with Crippen molar-refractivity contribution in [1.29, 1.82) is 0 Å². The fourth-order valence-corrected chi connectivity index (χ4v) is 3.08. The first-order valence-electron chi connectivity index (χ1n) is 9.19. The van der Waals surface area contributed by atoms with Gasteiger partial charge in [0.2, 0.25) is 0 Å². The summed E-state index contributed by atoms with van der Waals surface area (Å²) in [6, 6.07) is 18.7. The Morgan fingerprint density at radius 1 is 0.867 bits per heavy atom. The van der Waals surface area contributed by atoms with Gasteiger partial charge in [-0.25, -0.2) is 4.79 Å². The predicted molar refractivity (Wildman–Crippen MR) is 117 cm³/mol. The first-order chi connectivity index (χ1) is 14.4. The second kappa shape index (κ2) is 10.1. The van der Waals surface area contributed by atoms with Crippen molar-refractivity contribution in [3.05, 3.63) is 99.0 Å². The Morgan fingerprint density at radius 3 is 2.17 bits per heavy atom. The van der Waals surface area contributed by atoms with E-state index >= 15 is 0 Å². The lowest BCUT2D eigenvalue weighted by atomic mass is 10.1. The molecular weight excluding hydrogens is 425 g/mol. The average Bonchev–Trinajstić information content (AvgIpc) is 2.74. The van der Waals surface area contributed by atoms with Crippen LogP contribution < -0.4 is 10.1 Å². The molecule has 0 aliphatic heterocycles. The molecule has 0 spiro atoms. The van der Waals surface area contributed by atoms with Crippen molar-refractivity contribution in [2.45, 2.75) is 13.0 Å². The number of hydrogen-bond donors (Lipinski definition) is 2. The Morgan fingerprint density at radius 2 is 1.50 bits per heavy atom. The van der Waals surface area contributed by atoms with Gasteiger partial charge >= 0.3 is 5.97 Å². The van der Waals surface area contributed by atoms with Crippen LogP contribution in [0.3, 0.4) is 0 Å². The molecule has 0 aliphatic carbocycles. The third kappa shape index (κ3) is 5.99. The van der Waals surface area contributed by atoms with E-state index in [1.165, 1.54) is 12.1 Å². The largest absolute Gasteiger partial charge is 0.492 e. The molecule has 3 aromatic rings. The number of halogens is 2. The molecule has 154 valence electrons. The highest BCUT2D eigenvalue weighted by Crippen LogP contribution is 2.23. The van der Waals surface area contributed by atoms with Crippen LogP contribution in [-0.4, -0.2) is 23.6 Å². The Bertz CT molecular complexity index is 1030. The van der Waals surface area contributed by atoms with Crippen LogP contribution in [0, 0.1) is 0 Å². The number of nitrogens with one attached hydrogen (secondary N) is 1. The Labute approximate surface area is 184 Å². The average molecular weight is 444 g/mol. The molecule has 0 bridgehead atoms. The summed E-state index contributed by atoms with van der Waals surface area (Å²) in [4.78, 5) is 23.6. The van der Waals surface area contributed by atoms with E-state index < -0.39 is 5.97 Å². The number of carbonyl (C=O) groups excluding carboxylic acids is 1. The van der Waals surface area contributed by atoms with Crippen molar-refractivity contribution in [3.63, 3.8) is 0 Å². The summed E-state index contributed by atoms with van der Waals surface area (Å²) in [6.07, 6.45) is 0.663. The van der Waals surface area contributed by atoms with Gasteiger partial charge in [0.25, 0.3) is 5.91 Å². The van der Waals surface area contributed by atoms with E-state index in [2.05, 4.69) is 5.32 Å². The molecule has 0 aromatic heterocycles. The number of rotatable bonds is 8. The molecule has 2 N–H and O–H groups in total. The Kier molecular flexibility index (Phi) is 7.33. The summed E-state index contributed by atoms with van der Waals surface area (Å²) in [5, 5.41) is 12.9. The smallest absolute Gasteiger partial charge is 0.335 e. The van der Waals surface area contributed by atoms with Crippen LogP contribution >= 0.6 is 23.2 Å². The number of carbonyl (C=O) groups is 2. The van der Waals surface area contributed by atoms with Gasteiger partial charge in [0.1, 0.15) is 5.75 Å². The summed E-state index contributed by atoms with van der Waals surface area (Å²) in [6.45, 7) is 0.635. The van der Waals surface area contributed by atoms with Gasteiger partial charge in [0.15, 0.2) is 0 Å². The fourth-order valence-electron chi connectivity index (χ4n) is 2.78. The maximum Gasteiger partial charge on any atom is 0.335 e. The van der Waals surface area contributed by atoms with Crippen LogP contribution in [0.2, 0.25) is 10.0 Å². The molecule has 0 unspecified atom stereocenters. The molecule has 0 saturated carbocycles. The Hall–Kier alpha value is -3.02. The summed E-state index contributed by atoms with van der Waals surface area (Å²) < 4.78 is 5.82. The van der Waals surface area contributed by atoms with E-state index in [1.54, 1.807) is 30.3 Å². The van der Waals surface area contributed by atoms with E-state index in [1.807, 2.05) is 24.3 Å². The lowest BCUT2D eigenvalue weighted by molar-refractivity contribution is 0.0696. The van der Waals surface area contributed by atoms with Gasteiger partial charge in [-0.3, -0.25) is 4.79 Å². The normalized spacial score (nSPS) is 10.5. The zero-order valence-electron chi connectivity index (χ0n) is 15.9. The highest BCUT2D eigenvalue weighted by Gasteiger charge is 2.14. The van der Waals surface area contributed by atoms with Gasteiger partial charge in [0, 0.05) is 23.0 Å². The zero-order valence-corrected chi connectivity index (χ0v) is 17.4. The van der Waals surface area contributed by atoms with Gasteiger partial charge in [-0.15, -0.1) is 0 Å². The number of carboxylic acid groups (broad SMARTS) is 1. The molecule has 0 saturated heterocycles. The SMILES string of the molecule is O=C(O)c1ccc(CNC(=O)c2cc(Cl)ccc2OCCc2ccc(Cl)cc2)cc1. The predicted octanol–water partition coefficient (Wildman–Crippen LogP) is 5.24. The number of benzene rings is 3. The molecular formula is C23H19Cl2NO4. The quantitative estimate of drug-likeness (QED) is 0.498. The van der Waals surface area contributed by atoms with E-state index in [0.717, 1.165) is 11.1 Å². The third-order valence-electron chi connectivity index (χ3n) is 4.40. The molecule has 5 nitrogen and oxygen atoms in total. The standard InChI is InChI=1S/C23H19Cl2NO4/c24-18-7-3-15(4-8-18)11-12-30-21-10-9-19(25)13-20(21)22(27)26-14-16-1-5-17(6-2-16)23(28)29/h1-10,13H,11-12,14H2,(H,26,27)(H,28,29). The summed E-state index contributed by atoms with van der Waals surface area (Å²) in [5.41, 5.74) is 2.38. The number of aromatic carboxylic acids is 1. The lowest BCUT2D eigenvalue weighted by Gasteiger charge is -2.13.